The first-order valence-electron chi connectivity index (χ1n) is 9.17. The number of rotatable bonds is 7. The number of nitrogens with one attached hydrogen (secondary N) is 2. The lowest BCUT2D eigenvalue weighted by Gasteiger charge is -2.12. The molecule has 0 atom stereocenters. The summed E-state index contributed by atoms with van der Waals surface area (Å²) >= 11 is 0. The Labute approximate surface area is 170 Å². The van der Waals surface area contributed by atoms with E-state index in [2.05, 4.69) is 20.6 Å². The number of anilines is 2. The molecule has 0 aliphatic rings. The Morgan fingerprint density at radius 2 is 1.72 bits per heavy atom. The molecule has 150 valence electrons. The predicted octanol–water partition coefficient (Wildman–Crippen LogP) is 3.78. The summed E-state index contributed by atoms with van der Waals surface area (Å²) < 4.78 is 10.5. The third-order valence-corrected chi connectivity index (χ3v) is 4.38. The highest BCUT2D eigenvalue weighted by Crippen LogP contribution is 2.27. The summed E-state index contributed by atoms with van der Waals surface area (Å²) in [5.74, 6) is 2.06. The van der Waals surface area contributed by atoms with Gasteiger partial charge < -0.3 is 20.1 Å². The monoisotopic (exact) mass is 392 g/mol. The number of carbonyl (C=O) groups is 1. The molecule has 2 N–H and O–H groups in total. The number of hydrogen-bond donors (Lipinski definition) is 2. The second-order valence-corrected chi connectivity index (χ2v) is 6.50. The van der Waals surface area contributed by atoms with E-state index in [1.165, 1.54) is 0 Å². The van der Waals surface area contributed by atoms with Crippen LogP contribution in [0.15, 0.2) is 48.5 Å². The van der Waals surface area contributed by atoms with Crippen LogP contribution in [0.4, 0.5) is 11.5 Å². The van der Waals surface area contributed by atoms with Gasteiger partial charge in [-0.1, -0.05) is 24.3 Å². The van der Waals surface area contributed by atoms with Gasteiger partial charge in [-0.15, -0.1) is 0 Å². The van der Waals surface area contributed by atoms with Gasteiger partial charge in [0.15, 0.2) is 11.5 Å². The fraction of sp³-hybridized carbons (Fsp3) is 0.227. The highest BCUT2D eigenvalue weighted by Gasteiger charge is 2.12. The molecule has 0 unspecified atom stereocenters. The average molecular weight is 392 g/mol. The highest BCUT2D eigenvalue weighted by molar-refractivity contribution is 5.93. The molecular weight excluding hydrogens is 368 g/mol. The number of nitrogens with zero attached hydrogens (tertiary/aromatic N) is 2. The zero-order valence-corrected chi connectivity index (χ0v) is 16.9. The van der Waals surface area contributed by atoms with E-state index in [0.29, 0.717) is 35.4 Å². The fourth-order valence-corrected chi connectivity index (χ4v) is 2.86. The first-order valence-corrected chi connectivity index (χ1v) is 9.17. The summed E-state index contributed by atoms with van der Waals surface area (Å²) in [4.78, 5) is 21.3. The number of benzene rings is 2. The molecule has 29 heavy (non-hydrogen) atoms. The van der Waals surface area contributed by atoms with Crippen LogP contribution < -0.4 is 20.1 Å². The van der Waals surface area contributed by atoms with Gasteiger partial charge in [0.1, 0.15) is 17.3 Å². The number of methoxy groups -OCH3 is 2. The van der Waals surface area contributed by atoms with Gasteiger partial charge in [-0.05, 0) is 43.2 Å². The third-order valence-electron chi connectivity index (χ3n) is 4.38. The molecule has 0 spiro atoms. The number of hydrogen-bond acceptors (Lipinski definition) is 6. The molecule has 0 saturated carbocycles. The van der Waals surface area contributed by atoms with Crippen LogP contribution in [0.3, 0.4) is 0 Å². The van der Waals surface area contributed by atoms with Crippen molar-refractivity contribution in [2.45, 2.75) is 20.4 Å². The number of aromatic nitrogens is 2. The van der Waals surface area contributed by atoms with E-state index in [4.69, 9.17) is 9.47 Å². The maximum Gasteiger partial charge on any atom is 0.270 e. The summed E-state index contributed by atoms with van der Waals surface area (Å²) in [7, 11) is 3.16. The van der Waals surface area contributed by atoms with Gasteiger partial charge in [-0.2, -0.15) is 0 Å². The SMILES string of the molecule is COc1ccc(CNC(=O)c2cc(Nc3ccccc3C)nc(C)n2)cc1OC. The summed E-state index contributed by atoms with van der Waals surface area (Å²) in [5.41, 5.74) is 3.21. The van der Waals surface area contributed by atoms with E-state index in [-0.39, 0.29) is 5.91 Å². The van der Waals surface area contributed by atoms with Gasteiger partial charge in [0.2, 0.25) is 0 Å². The number of amides is 1. The van der Waals surface area contributed by atoms with E-state index in [1.54, 1.807) is 33.3 Å². The van der Waals surface area contributed by atoms with Crippen molar-refractivity contribution in [2.24, 2.45) is 0 Å². The smallest absolute Gasteiger partial charge is 0.270 e. The summed E-state index contributed by atoms with van der Waals surface area (Å²) in [6.07, 6.45) is 0. The summed E-state index contributed by atoms with van der Waals surface area (Å²) in [5, 5.41) is 6.13. The lowest BCUT2D eigenvalue weighted by molar-refractivity contribution is 0.0945. The molecule has 1 aromatic heterocycles. The van der Waals surface area contributed by atoms with Gasteiger partial charge in [0, 0.05) is 18.3 Å². The Morgan fingerprint density at radius 3 is 2.45 bits per heavy atom. The Balaban J connectivity index is 1.72. The largest absolute Gasteiger partial charge is 0.493 e. The minimum atomic E-state index is -0.280. The first kappa shape index (κ1) is 20.1. The first-order chi connectivity index (χ1) is 14.0. The molecule has 2 aromatic carbocycles. The topological polar surface area (TPSA) is 85.4 Å². The lowest BCUT2D eigenvalue weighted by Crippen LogP contribution is -2.24. The zero-order chi connectivity index (χ0) is 20.8. The van der Waals surface area contributed by atoms with E-state index in [9.17, 15) is 4.79 Å². The molecule has 0 aliphatic carbocycles. The molecule has 7 heteroatoms. The van der Waals surface area contributed by atoms with Crippen molar-refractivity contribution in [3.8, 4) is 11.5 Å². The molecule has 1 heterocycles. The van der Waals surface area contributed by atoms with Crippen LogP contribution in [0.1, 0.15) is 27.4 Å². The number of para-hydroxylation sites is 1. The van der Waals surface area contributed by atoms with Gasteiger partial charge in [0.05, 0.1) is 14.2 Å². The van der Waals surface area contributed by atoms with Crippen molar-refractivity contribution >= 4 is 17.4 Å². The predicted molar refractivity (Wildman–Crippen MR) is 112 cm³/mol. The average Bonchev–Trinajstić information content (AvgIpc) is 2.73. The second-order valence-electron chi connectivity index (χ2n) is 6.50. The molecule has 3 rings (SSSR count). The van der Waals surface area contributed by atoms with Gasteiger partial charge >= 0.3 is 0 Å². The van der Waals surface area contributed by atoms with Crippen LogP contribution in [0.5, 0.6) is 11.5 Å². The maximum atomic E-state index is 12.6. The molecule has 7 nitrogen and oxygen atoms in total. The zero-order valence-electron chi connectivity index (χ0n) is 16.9. The molecule has 3 aromatic rings. The van der Waals surface area contributed by atoms with Crippen molar-refractivity contribution in [3.05, 3.63) is 71.2 Å². The lowest BCUT2D eigenvalue weighted by atomic mass is 10.2. The molecule has 1 amide bonds. The van der Waals surface area contributed by atoms with Crippen molar-refractivity contribution in [1.82, 2.24) is 15.3 Å². The van der Waals surface area contributed by atoms with Crippen LogP contribution in [0.2, 0.25) is 0 Å². The Morgan fingerprint density at radius 1 is 0.966 bits per heavy atom. The quantitative estimate of drug-likeness (QED) is 0.636. The molecule has 0 aliphatic heterocycles. The number of aryl methyl sites for hydroxylation is 2. The van der Waals surface area contributed by atoms with Crippen molar-refractivity contribution in [1.29, 1.82) is 0 Å². The van der Waals surface area contributed by atoms with Crippen LogP contribution in [0.25, 0.3) is 0 Å². The molecular formula is C22H24N4O3. The van der Waals surface area contributed by atoms with Crippen LogP contribution >= 0.6 is 0 Å². The molecule has 0 fully saturated rings. The fourth-order valence-electron chi connectivity index (χ4n) is 2.86. The Kier molecular flexibility index (Phi) is 6.29. The van der Waals surface area contributed by atoms with Gasteiger partial charge in [-0.25, -0.2) is 9.97 Å². The number of ether oxygens (including phenoxy) is 2. The van der Waals surface area contributed by atoms with Crippen molar-refractivity contribution < 1.29 is 14.3 Å². The normalized spacial score (nSPS) is 10.3. The van der Waals surface area contributed by atoms with Crippen LogP contribution in [-0.4, -0.2) is 30.1 Å². The van der Waals surface area contributed by atoms with Crippen molar-refractivity contribution in [2.75, 3.05) is 19.5 Å². The number of carbonyl (C=O) groups excluding carboxylic acids is 1. The van der Waals surface area contributed by atoms with Crippen LogP contribution in [0, 0.1) is 13.8 Å². The molecule has 0 saturated heterocycles. The second kappa shape index (κ2) is 9.05. The summed E-state index contributed by atoms with van der Waals surface area (Å²) in [6, 6.07) is 15.0. The van der Waals surface area contributed by atoms with Crippen LogP contribution in [-0.2, 0) is 6.54 Å². The summed E-state index contributed by atoms with van der Waals surface area (Å²) in [6.45, 7) is 4.10. The van der Waals surface area contributed by atoms with E-state index >= 15 is 0 Å². The Hall–Kier alpha value is -3.61. The highest BCUT2D eigenvalue weighted by atomic mass is 16.5. The van der Waals surface area contributed by atoms with Gasteiger partial charge in [0.25, 0.3) is 5.91 Å². The molecule has 0 radical (unpaired) electrons. The standard InChI is InChI=1S/C22H24N4O3/c1-14-7-5-6-8-17(14)26-21-12-18(24-15(2)25-21)22(27)23-13-16-9-10-19(28-3)20(11-16)29-4/h5-12H,13H2,1-4H3,(H,23,27)(H,24,25,26). The maximum absolute atomic E-state index is 12.6. The van der Waals surface area contributed by atoms with Gasteiger partial charge in [-0.3, -0.25) is 4.79 Å². The van der Waals surface area contributed by atoms with E-state index in [0.717, 1.165) is 16.8 Å². The van der Waals surface area contributed by atoms with Crippen molar-refractivity contribution in [3.63, 3.8) is 0 Å². The third kappa shape index (κ3) is 5.01. The minimum absolute atomic E-state index is 0.280. The van der Waals surface area contributed by atoms with E-state index in [1.807, 2.05) is 43.3 Å². The minimum Gasteiger partial charge on any atom is -0.493 e. The van der Waals surface area contributed by atoms with E-state index < -0.39 is 0 Å². The Bertz CT molecular complexity index is 1020. The molecule has 0 bridgehead atoms.